The van der Waals surface area contributed by atoms with E-state index < -0.39 is 0 Å². The number of phenols is 1. The summed E-state index contributed by atoms with van der Waals surface area (Å²) in [4.78, 5) is 3.33. The van der Waals surface area contributed by atoms with Crippen molar-refractivity contribution in [3.8, 4) is 17.0 Å². The molecule has 2 aromatic carbocycles. The van der Waals surface area contributed by atoms with Crippen molar-refractivity contribution >= 4 is 26.8 Å². The fourth-order valence-electron chi connectivity index (χ4n) is 1.90. The number of hydrogen-bond acceptors (Lipinski definition) is 1. The van der Waals surface area contributed by atoms with Gasteiger partial charge in [-0.3, -0.25) is 0 Å². The molecule has 3 aromatic rings. The first kappa shape index (κ1) is 10.4. The molecule has 0 atom stereocenters. The molecule has 0 amide bonds. The zero-order chi connectivity index (χ0) is 11.8. The number of aromatic hydroxyl groups is 1. The fraction of sp³-hybridized carbons (Fsp3) is 0. The Morgan fingerprint density at radius 1 is 0.941 bits per heavy atom. The van der Waals surface area contributed by atoms with Crippen molar-refractivity contribution in [2.24, 2.45) is 0 Å². The van der Waals surface area contributed by atoms with Crippen LogP contribution in [0.25, 0.3) is 22.2 Å². The van der Waals surface area contributed by atoms with Gasteiger partial charge < -0.3 is 10.1 Å². The van der Waals surface area contributed by atoms with Gasteiger partial charge in [0.05, 0.1) is 0 Å². The molecule has 0 aliphatic rings. The largest absolute Gasteiger partial charge is 0.508 e. The van der Waals surface area contributed by atoms with Crippen LogP contribution in [0.3, 0.4) is 0 Å². The van der Waals surface area contributed by atoms with Gasteiger partial charge in [-0.25, -0.2) is 0 Å². The second-order valence-electron chi connectivity index (χ2n) is 3.96. The third-order valence-electron chi connectivity index (χ3n) is 2.76. The molecule has 0 bridgehead atoms. The van der Waals surface area contributed by atoms with Crippen molar-refractivity contribution < 1.29 is 5.11 Å². The van der Waals surface area contributed by atoms with E-state index in [1.165, 1.54) is 0 Å². The molecule has 0 saturated carbocycles. The van der Waals surface area contributed by atoms with Crippen molar-refractivity contribution in [2.45, 2.75) is 0 Å². The predicted octanol–water partition coefficient (Wildman–Crippen LogP) is 4.30. The number of rotatable bonds is 1. The lowest BCUT2D eigenvalue weighted by atomic mass is 10.1. The maximum absolute atomic E-state index is 9.43. The monoisotopic (exact) mass is 287 g/mol. The first-order valence-corrected chi connectivity index (χ1v) is 6.09. The van der Waals surface area contributed by atoms with Gasteiger partial charge in [-0.2, -0.15) is 0 Å². The van der Waals surface area contributed by atoms with Gasteiger partial charge in [-0.05, 0) is 42.0 Å². The highest BCUT2D eigenvalue weighted by molar-refractivity contribution is 9.10. The molecule has 0 unspecified atom stereocenters. The summed E-state index contributed by atoms with van der Waals surface area (Å²) in [5.41, 5.74) is 3.21. The molecule has 2 N–H and O–H groups in total. The van der Waals surface area contributed by atoms with Crippen LogP contribution >= 0.6 is 15.9 Å². The summed E-state index contributed by atoms with van der Waals surface area (Å²) in [5, 5.41) is 10.4. The number of benzene rings is 2. The van der Waals surface area contributed by atoms with E-state index in [2.05, 4.69) is 33.0 Å². The van der Waals surface area contributed by atoms with E-state index in [1.54, 1.807) is 12.1 Å². The first-order valence-electron chi connectivity index (χ1n) is 5.30. The average Bonchev–Trinajstić information content (AvgIpc) is 2.72. The SMILES string of the molecule is Oc1ccc2[nH]c(-c3ccc(Br)cc3)cc2c1. The maximum atomic E-state index is 9.43. The number of aromatic nitrogens is 1. The van der Waals surface area contributed by atoms with Gasteiger partial charge in [0.15, 0.2) is 0 Å². The van der Waals surface area contributed by atoms with Crippen LogP contribution in [0, 0.1) is 0 Å². The van der Waals surface area contributed by atoms with E-state index in [0.29, 0.717) is 5.75 Å². The molecular formula is C14H10BrNO. The Hall–Kier alpha value is -1.74. The summed E-state index contributed by atoms with van der Waals surface area (Å²) in [5.74, 6) is 0.291. The van der Waals surface area contributed by atoms with Gasteiger partial charge in [0.1, 0.15) is 5.75 Å². The Labute approximate surface area is 107 Å². The normalized spacial score (nSPS) is 10.9. The molecule has 0 aliphatic carbocycles. The summed E-state index contributed by atoms with van der Waals surface area (Å²) in [6, 6.07) is 15.5. The number of halogens is 1. The molecule has 0 radical (unpaired) electrons. The number of H-pyrrole nitrogens is 1. The van der Waals surface area contributed by atoms with E-state index in [9.17, 15) is 5.11 Å². The summed E-state index contributed by atoms with van der Waals surface area (Å²) in [7, 11) is 0. The van der Waals surface area contributed by atoms with Gasteiger partial charge in [-0.15, -0.1) is 0 Å². The van der Waals surface area contributed by atoms with Gasteiger partial charge in [0, 0.05) is 21.1 Å². The Balaban J connectivity index is 2.14. The summed E-state index contributed by atoms with van der Waals surface area (Å²) >= 11 is 3.42. The zero-order valence-corrected chi connectivity index (χ0v) is 10.5. The number of phenolic OH excluding ortho intramolecular Hbond substituents is 1. The number of aromatic amines is 1. The zero-order valence-electron chi connectivity index (χ0n) is 8.94. The van der Waals surface area contributed by atoms with Crippen molar-refractivity contribution in [1.29, 1.82) is 0 Å². The Morgan fingerprint density at radius 3 is 2.47 bits per heavy atom. The number of fused-ring (bicyclic) bond motifs is 1. The van der Waals surface area contributed by atoms with E-state index in [4.69, 9.17) is 0 Å². The molecule has 0 spiro atoms. The molecule has 0 aliphatic heterocycles. The molecule has 0 fully saturated rings. The molecule has 1 heterocycles. The third-order valence-corrected chi connectivity index (χ3v) is 3.29. The molecule has 0 saturated heterocycles. The van der Waals surface area contributed by atoms with E-state index >= 15 is 0 Å². The molecule has 3 rings (SSSR count). The van der Waals surface area contributed by atoms with Crippen LogP contribution in [0.4, 0.5) is 0 Å². The summed E-state index contributed by atoms with van der Waals surface area (Å²) < 4.78 is 1.06. The lowest BCUT2D eigenvalue weighted by Crippen LogP contribution is -1.75. The third kappa shape index (κ3) is 1.94. The minimum atomic E-state index is 0.291. The minimum absolute atomic E-state index is 0.291. The van der Waals surface area contributed by atoms with E-state index in [-0.39, 0.29) is 0 Å². The van der Waals surface area contributed by atoms with Crippen LogP contribution in [0.2, 0.25) is 0 Å². The number of nitrogens with one attached hydrogen (secondary N) is 1. The van der Waals surface area contributed by atoms with Crippen LogP contribution < -0.4 is 0 Å². The Kier molecular flexibility index (Phi) is 2.41. The second kappa shape index (κ2) is 3.93. The van der Waals surface area contributed by atoms with Gasteiger partial charge in [0.25, 0.3) is 0 Å². The Bertz CT molecular complexity index is 670. The fourth-order valence-corrected chi connectivity index (χ4v) is 2.17. The average molecular weight is 288 g/mol. The van der Waals surface area contributed by atoms with Crippen LogP contribution in [0.5, 0.6) is 5.75 Å². The van der Waals surface area contributed by atoms with E-state index in [0.717, 1.165) is 26.6 Å². The molecule has 17 heavy (non-hydrogen) atoms. The lowest BCUT2D eigenvalue weighted by Gasteiger charge is -1.97. The first-order chi connectivity index (χ1) is 8.22. The molecule has 84 valence electrons. The quantitative estimate of drug-likeness (QED) is 0.688. The maximum Gasteiger partial charge on any atom is 0.116 e. The Morgan fingerprint density at radius 2 is 1.71 bits per heavy atom. The molecule has 2 nitrogen and oxygen atoms in total. The highest BCUT2D eigenvalue weighted by atomic mass is 79.9. The van der Waals surface area contributed by atoms with Gasteiger partial charge >= 0.3 is 0 Å². The molecule has 3 heteroatoms. The van der Waals surface area contributed by atoms with Crippen molar-refractivity contribution in [1.82, 2.24) is 4.98 Å². The number of hydrogen-bond donors (Lipinski definition) is 2. The van der Waals surface area contributed by atoms with Crippen molar-refractivity contribution in [2.75, 3.05) is 0 Å². The van der Waals surface area contributed by atoms with Gasteiger partial charge in [-0.1, -0.05) is 28.1 Å². The molecule has 1 aromatic heterocycles. The standard InChI is InChI=1S/C14H10BrNO/c15-11-3-1-9(2-4-11)14-8-10-7-12(17)5-6-13(10)16-14/h1-8,16-17H. The van der Waals surface area contributed by atoms with Gasteiger partial charge in [0.2, 0.25) is 0 Å². The second-order valence-corrected chi connectivity index (χ2v) is 4.88. The highest BCUT2D eigenvalue weighted by Gasteiger charge is 2.03. The lowest BCUT2D eigenvalue weighted by molar-refractivity contribution is 0.476. The van der Waals surface area contributed by atoms with Crippen molar-refractivity contribution in [3.05, 3.63) is 53.0 Å². The summed E-state index contributed by atoms with van der Waals surface area (Å²) in [6.07, 6.45) is 0. The smallest absolute Gasteiger partial charge is 0.116 e. The summed E-state index contributed by atoms with van der Waals surface area (Å²) in [6.45, 7) is 0. The van der Waals surface area contributed by atoms with Crippen molar-refractivity contribution in [3.63, 3.8) is 0 Å². The molecular weight excluding hydrogens is 278 g/mol. The van der Waals surface area contributed by atoms with Crippen LogP contribution in [-0.2, 0) is 0 Å². The topological polar surface area (TPSA) is 36.0 Å². The predicted molar refractivity (Wildman–Crippen MR) is 73.1 cm³/mol. The van der Waals surface area contributed by atoms with Crippen LogP contribution in [0.15, 0.2) is 53.0 Å². The minimum Gasteiger partial charge on any atom is -0.508 e. The van der Waals surface area contributed by atoms with E-state index in [1.807, 2.05) is 24.3 Å². The van der Waals surface area contributed by atoms with Crippen LogP contribution in [0.1, 0.15) is 0 Å². The van der Waals surface area contributed by atoms with Crippen LogP contribution in [-0.4, -0.2) is 10.1 Å². The highest BCUT2D eigenvalue weighted by Crippen LogP contribution is 2.27.